The molecule has 0 spiro atoms. The molecule has 0 unspecified atom stereocenters. The first kappa shape index (κ1) is 41.9. The van der Waals surface area contributed by atoms with Gasteiger partial charge in [-0.2, -0.15) is 0 Å². The summed E-state index contributed by atoms with van der Waals surface area (Å²) in [4.78, 5) is 54.1. The lowest BCUT2D eigenvalue weighted by molar-refractivity contribution is -0.160. The van der Waals surface area contributed by atoms with Gasteiger partial charge in [0.1, 0.15) is 23.1 Å². The Bertz CT molecular complexity index is 931. The van der Waals surface area contributed by atoms with Crippen LogP contribution in [0.4, 0.5) is 0 Å². The van der Waals surface area contributed by atoms with Crippen molar-refractivity contribution in [3.63, 3.8) is 0 Å². The average molecular weight is 654 g/mol. The van der Waals surface area contributed by atoms with Gasteiger partial charge in [-0.1, -0.05) is 0 Å². The minimum absolute atomic E-state index is 0.0991. The number of hydrogen-bond acceptors (Lipinski definition) is 13. The quantitative estimate of drug-likeness (QED) is 0.116. The minimum Gasteiger partial charge on any atom is -0.480 e. The molecule has 0 radical (unpaired) electrons. The molecule has 44 heavy (non-hydrogen) atoms. The normalized spacial score (nSPS) is 13.0. The molecule has 14 nitrogen and oxygen atoms in total. The van der Waals surface area contributed by atoms with Crippen LogP contribution in [0, 0.1) is 0 Å². The highest BCUT2D eigenvalue weighted by atomic mass is 31.2. The molecule has 0 rings (SSSR count). The second-order valence-electron chi connectivity index (χ2n) is 13.3. The van der Waals surface area contributed by atoms with Crippen LogP contribution in [-0.4, -0.2) is 132 Å². The van der Waals surface area contributed by atoms with Crippen molar-refractivity contribution in [1.29, 1.82) is 0 Å². The van der Waals surface area contributed by atoms with Gasteiger partial charge in [0.25, 0.3) is 0 Å². The Morgan fingerprint density at radius 2 is 0.864 bits per heavy atom. The number of hydrogen-bond donors (Lipinski definition) is 1. The van der Waals surface area contributed by atoms with E-state index in [1.54, 1.807) is 86.0 Å². The summed E-state index contributed by atoms with van der Waals surface area (Å²) in [5.41, 5.74) is -2.21. The molecular weight excluding hydrogens is 597 g/mol. The molecule has 0 aromatic carbocycles. The van der Waals surface area contributed by atoms with Crippen molar-refractivity contribution in [3.8, 4) is 0 Å². The average Bonchev–Trinajstić information content (AvgIpc) is 2.76. The Kier molecular flexibility index (Phi) is 17.9. The van der Waals surface area contributed by atoms with Crippen molar-refractivity contribution in [2.45, 2.75) is 93.0 Å². The first-order valence-corrected chi connectivity index (χ1v) is 16.6. The molecule has 0 fully saturated rings. The lowest BCUT2D eigenvalue weighted by atomic mass is 10.2. The van der Waals surface area contributed by atoms with E-state index in [1.165, 1.54) is 4.90 Å². The molecule has 0 aromatic heterocycles. The summed E-state index contributed by atoms with van der Waals surface area (Å²) in [5.74, 6) is -2.78. The number of rotatable bonds is 20. The summed E-state index contributed by atoms with van der Waals surface area (Å²) in [5, 5.41) is 9.44. The number of carboxylic acids is 1. The highest BCUT2D eigenvalue weighted by Gasteiger charge is 2.30. The molecule has 0 aliphatic heterocycles. The van der Waals surface area contributed by atoms with Crippen molar-refractivity contribution >= 4 is 31.5 Å². The number of carboxylic acid groups (broad SMARTS) is 1. The van der Waals surface area contributed by atoms with Gasteiger partial charge in [0.05, 0.1) is 39.4 Å². The van der Waals surface area contributed by atoms with E-state index in [1.807, 2.05) is 0 Å². The largest absolute Gasteiger partial charge is 0.480 e. The Balaban J connectivity index is 6.02. The Hall–Kier alpha value is -2.09. The van der Waals surface area contributed by atoms with E-state index in [-0.39, 0.29) is 65.3 Å². The summed E-state index contributed by atoms with van der Waals surface area (Å²) < 4.78 is 40.7. The predicted molar refractivity (Wildman–Crippen MR) is 165 cm³/mol. The van der Waals surface area contributed by atoms with Gasteiger partial charge in [-0.15, -0.1) is 0 Å². The van der Waals surface area contributed by atoms with Crippen molar-refractivity contribution in [1.82, 2.24) is 14.7 Å². The molecule has 0 heterocycles. The molecule has 0 aromatic rings. The zero-order valence-corrected chi connectivity index (χ0v) is 29.5. The molecule has 0 atom stereocenters. The first-order valence-electron chi connectivity index (χ1n) is 14.9. The van der Waals surface area contributed by atoms with Crippen LogP contribution in [0.1, 0.15) is 76.2 Å². The van der Waals surface area contributed by atoms with E-state index in [4.69, 9.17) is 23.3 Å². The minimum atomic E-state index is -3.59. The smallest absolute Gasteiger partial charge is 0.344 e. The molecular formula is C29H56N3O11P. The van der Waals surface area contributed by atoms with Crippen LogP contribution >= 0.6 is 7.60 Å². The molecule has 0 saturated carbocycles. The number of aliphatic carboxylic acids is 1. The fraction of sp³-hybridized carbons (Fsp3) is 0.862. The predicted octanol–water partition coefficient (Wildman–Crippen LogP) is 3.23. The molecule has 0 bridgehead atoms. The van der Waals surface area contributed by atoms with E-state index in [0.717, 1.165) is 0 Å². The van der Waals surface area contributed by atoms with Crippen LogP contribution in [0.15, 0.2) is 0 Å². The van der Waals surface area contributed by atoms with E-state index < -0.39 is 54.8 Å². The van der Waals surface area contributed by atoms with Gasteiger partial charge in [0.2, 0.25) is 0 Å². The van der Waals surface area contributed by atoms with Gasteiger partial charge in [0.15, 0.2) is 0 Å². The van der Waals surface area contributed by atoms with Crippen LogP contribution in [0.3, 0.4) is 0 Å². The first-order chi connectivity index (χ1) is 20.0. The summed E-state index contributed by atoms with van der Waals surface area (Å²) in [6.07, 6.45) is -0.144. The topological polar surface area (TPSA) is 161 Å². The third-order valence-electron chi connectivity index (χ3n) is 5.17. The standard InChI is InChI=1S/C29H56N3O11P/c1-12-39-44(38,40-13-2)22-30(14-16-31(18-23(33)34)19-24(35)41-27(3,4)5)15-17-32(20-25(36)42-28(6,7)8)21-26(37)43-29(9,10)11/h12-22H2,1-11H3,(H,33,34). The summed E-state index contributed by atoms with van der Waals surface area (Å²) in [6.45, 7) is 18.7. The second kappa shape index (κ2) is 18.8. The molecule has 0 aliphatic rings. The Morgan fingerprint density at radius 1 is 0.568 bits per heavy atom. The van der Waals surface area contributed by atoms with Crippen molar-refractivity contribution in [2.24, 2.45) is 0 Å². The number of carbonyl (C=O) groups excluding carboxylic acids is 3. The summed E-state index contributed by atoms with van der Waals surface area (Å²) >= 11 is 0. The third-order valence-corrected chi connectivity index (χ3v) is 7.22. The van der Waals surface area contributed by atoms with Gasteiger partial charge in [-0.25, -0.2) is 0 Å². The van der Waals surface area contributed by atoms with Crippen molar-refractivity contribution < 1.29 is 52.1 Å². The fourth-order valence-electron chi connectivity index (χ4n) is 3.86. The number of nitrogens with zero attached hydrogens (tertiary/aromatic N) is 3. The van der Waals surface area contributed by atoms with Crippen LogP contribution in [0.2, 0.25) is 0 Å². The highest BCUT2D eigenvalue weighted by molar-refractivity contribution is 7.53. The van der Waals surface area contributed by atoms with E-state index in [2.05, 4.69) is 0 Å². The maximum Gasteiger partial charge on any atom is 0.344 e. The second-order valence-corrected chi connectivity index (χ2v) is 15.3. The zero-order chi connectivity index (χ0) is 34.4. The van der Waals surface area contributed by atoms with E-state index >= 15 is 0 Å². The van der Waals surface area contributed by atoms with E-state index in [0.29, 0.717) is 0 Å². The van der Waals surface area contributed by atoms with Crippen LogP contribution in [0.5, 0.6) is 0 Å². The molecule has 0 amide bonds. The van der Waals surface area contributed by atoms with Gasteiger partial charge in [-0.3, -0.25) is 38.4 Å². The zero-order valence-electron chi connectivity index (χ0n) is 28.6. The molecule has 0 saturated heterocycles. The maximum absolute atomic E-state index is 13.5. The lowest BCUT2D eigenvalue weighted by Crippen LogP contribution is -2.46. The Morgan fingerprint density at radius 3 is 1.14 bits per heavy atom. The highest BCUT2D eigenvalue weighted by Crippen LogP contribution is 2.48. The number of carbonyl (C=O) groups is 4. The van der Waals surface area contributed by atoms with Crippen LogP contribution < -0.4 is 0 Å². The van der Waals surface area contributed by atoms with Gasteiger partial charge >= 0.3 is 31.5 Å². The number of ether oxygens (including phenoxy) is 3. The van der Waals surface area contributed by atoms with Crippen LogP contribution in [0.25, 0.3) is 0 Å². The summed E-state index contributed by atoms with van der Waals surface area (Å²) in [6, 6.07) is 0. The monoisotopic (exact) mass is 653 g/mol. The Labute approximate surface area is 263 Å². The third kappa shape index (κ3) is 22.4. The van der Waals surface area contributed by atoms with Crippen molar-refractivity contribution in [2.75, 3.05) is 71.9 Å². The SMILES string of the molecule is CCOP(=O)(CN(CCN(CC(=O)O)CC(=O)OC(C)(C)C)CCN(CC(=O)OC(C)(C)C)CC(=O)OC(C)(C)C)OCC. The van der Waals surface area contributed by atoms with Crippen LogP contribution in [-0.2, 0) is 47.0 Å². The molecule has 15 heteroatoms. The summed E-state index contributed by atoms with van der Waals surface area (Å²) in [7, 11) is -3.59. The molecule has 0 aliphatic carbocycles. The fourth-order valence-corrected chi connectivity index (χ4v) is 5.66. The lowest BCUT2D eigenvalue weighted by Gasteiger charge is -2.31. The molecule has 258 valence electrons. The van der Waals surface area contributed by atoms with Gasteiger partial charge in [0, 0.05) is 26.2 Å². The maximum atomic E-state index is 13.5. The van der Waals surface area contributed by atoms with Gasteiger partial charge < -0.3 is 28.4 Å². The number of esters is 3. The van der Waals surface area contributed by atoms with Gasteiger partial charge in [-0.05, 0) is 76.2 Å². The molecule has 1 N–H and O–H groups in total. The van der Waals surface area contributed by atoms with Crippen molar-refractivity contribution in [3.05, 3.63) is 0 Å². The van der Waals surface area contributed by atoms with E-state index in [9.17, 15) is 28.8 Å².